The van der Waals surface area contributed by atoms with Gasteiger partial charge in [-0.05, 0) is 38.1 Å². The summed E-state index contributed by atoms with van der Waals surface area (Å²) >= 11 is 0. The molecule has 144 valence electrons. The van der Waals surface area contributed by atoms with Gasteiger partial charge in [0.1, 0.15) is 5.75 Å². The molecule has 0 N–H and O–H groups in total. The quantitative estimate of drug-likeness (QED) is 0.584. The maximum Gasteiger partial charge on any atom is 0.264 e. The number of aryl methyl sites for hydroxylation is 1. The SMILES string of the molecule is CCOc1ccc(S(=O)(=O)N(CCC#N)c2ccc(C)cc2)c2ccccc12. The Morgan fingerprint density at radius 1 is 1.00 bits per heavy atom. The van der Waals surface area contributed by atoms with Gasteiger partial charge < -0.3 is 4.74 Å². The topological polar surface area (TPSA) is 70.4 Å². The number of nitrogens with zero attached hydrogens (tertiary/aromatic N) is 2. The summed E-state index contributed by atoms with van der Waals surface area (Å²) in [5, 5.41) is 10.4. The van der Waals surface area contributed by atoms with E-state index in [1.165, 1.54) is 4.31 Å². The maximum atomic E-state index is 13.6. The van der Waals surface area contributed by atoms with E-state index in [0.717, 1.165) is 10.9 Å². The summed E-state index contributed by atoms with van der Waals surface area (Å²) in [4.78, 5) is 0.199. The van der Waals surface area contributed by atoms with Crippen LogP contribution in [0.4, 0.5) is 5.69 Å². The van der Waals surface area contributed by atoms with Crippen molar-refractivity contribution in [1.29, 1.82) is 5.26 Å². The van der Waals surface area contributed by atoms with Crippen LogP contribution in [-0.2, 0) is 10.0 Å². The lowest BCUT2D eigenvalue weighted by Gasteiger charge is -2.25. The van der Waals surface area contributed by atoms with E-state index in [4.69, 9.17) is 10.00 Å². The first-order chi connectivity index (χ1) is 13.5. The van der Waals surface area contributed by atoms with Crippen LogP contribution in [0.1, 0.15) is 18.9 Å². The summed E-state index contributed by atoms with van der Waals surface area (Å²) in [7, 11) is -3.87. The third-order valence-corrected chi connectivity index (χ3v) is 6.35. The number of rotatable bonds is 7. The Morgan fingerprint density at radius 2 is 1.68 bits per heavy atom. The van der Waals surface area contributed by atoms with Crippen molar-refractivity contribution in [2.24, 2.45) is 0 Å². The first kappa shape index (κ1) is 19.7. The highest BCUT2D eigenvalue weighted by Gasteiger charge is 2.27. The fourth-order valence-electron chi connectivity index (χ4n) is 3.12. The zero-order valence-electron chi connectivity index (χ0n) is 15.9. The molecule has 28 heavy (non-hydrogen) atoms. The Morgan fingerprint density at radius 3 is 2.32 bits per heavy atom. The van der Waals surface area contributed by atoms with Crippen molar-refractivity contribution in [3.63, 3.8) is 0 Å². The van der Waals surface area contributed by atoms with Gasteiger partial charge in [-0.15, -0.1) is 0 Å². The summed E-state index contributed by atoms with van der Waals surface area (Å²) in [5.41, 5.74) is 1.58. The normalized spacial score (nSPS) is 11.2. The number of hydrogen-bond acceptors (Lipinski definition) is 4. The molecular formula is C22H22N2O3S. The van der Waals surface area contributed by atoms with Crippen LogP contribution in [0.15, 0.2) is 65.6 Å². The van der Waals surface area contributed by atoms with Crippen LogP contribution in [-0.4, -0.2) is 21.6 Å². The van der Waals surface area contributed by atoms with Crippen LogP contribution in [0.5, 0.6) is 5.75 Å². The largest absolute Gasteiger partial charge is 0.493 e. The van der Waals surface area contributed by atoms with Crippen LogP contribution >= 0.6 is 0 Å². The molecule has 3 aromatic rings. The molecule has 0 spiro atoms. The van der Waals surface area contributed by atoms with E-state index in [0.29, 0.717) is 23.4 Å². The van der Waals surface area contributed by atoms with Crippen molar-refractivity contribution in [2.45, 2.75) is 25.2 Å². The predicted molar refractivity (Wildman–Crippen MR) is 111 cm³/mol. The molecule has 0 aromatic heterocycles. The van der Waals surface area contributed by atoms with Gasteiger partial charge in [0.2, 0.25) is 0 Å². The van der Waals surface area contributed by atoms with E-state index in [9.17, 15) is 8.42 Å². The molecule has 0 unspecified atom stereocenters. The van der Waals surface area contributed by atoms with Gasteiger partial charge in [-0.3, -0.25) is 4.31 Å². The molecule has 5 nitrogen and oxygen atoms in total. The molecule has 0 aliphatic rings. The summed E-state index contributed by atoms with van der Waals surface area (Å²) in [6.45, 7) is 4.41. The number of ether oxygens (including phenoxy) is 1. The van der Waals surface area contributed by atoms with Crippen LogP contribution in [0.2, 0.25) is 0 Å². The molecule has 0 saturated carbocycles. The van der Waals surface area contributed by atoms with Crippen molar-refractivity contribution in [3.05, 3.63) is 66.2 Å². The second-order valence-electron chi connectivity index (χ2n) is 6.36. The standard InChI is InChI=1S/C22H22N2O3S/c1-3-27-21-13-14-22(20-8-5-4-7-19(20)21)28(25,26)24(16-6-15-23)18-11-9-17(2)10-12-18/h4-5,7-14H,3,6,16H2,1-2H3. The Balaban J connectivity index is 2.17. The van der Waals surface area contributed by atoms with Gasteiger partial charge in [0.05, 0.1) is 29.7 Å². The zero-order valence-corrected chi connectivity index (χ0v) is 16.7. The lowest BCUT2D eigenvalue weighted by molar-refractivity contribution is 0.344. The smallest absolute Gasteiger partial charge is 0.264 e. The molecule has 3 aromatic carbocycles. The summed E-state index contributed by atoms with van der Waals surface area (Å²) in [6.07, 6.45) is 0.0993. The summed E-state index contributed by atoms with van der Waals surface area (Å²) in [6, 6.07) is 19.9. The molecule has 0 heterocycles. The van der Waals surface area contributed by atoms with Gasteiger partial charge in [0, 0.05) is 17.3 Å². The number of hydrogen-bond donors (Lipinski definition) is 0. The minimum atomic E-state index is -3.87. The monoisotopic (exact) mass is 394 g/mol. The molecule has 0 aliphatic heterocycles. The summed E-state index contributed by atoms with van der Waals surface area (Å²) < 4.78 is 34.1. The molecule has 0 radical (unpaired) electrons. The molecule has 0 atom stereocenters. The van der Waals surface area contributed by atoms with Gasteiger partial charge in [0.25, 0.3) is 10.0 Å². The molecule has 3 rings (SSSR count). The van der Waals surface area contributed by atoms with Crippen molar-refractivity contribution in [1.82, 2.24) is 0 Å². The molecule has 0 saturated heterocycles. The Bertz CT molecular complexity index is 1120. The Kier molecular flexibility index (Phi) is 5.86. The highest BCUT2D eigenvalue weighted by atomic mass is 32.2. The number of anilines is 1. The zero-order chi connectivity index (χ0) is 20.1. The average molecular weight is 394 g/mol. The Labute approximate surface area is 165 Å². The van der Waals surface area contributed by atoms with Crippen molar-refractivity contribution < 1.29 is 13.2 Å². The van der Waals surface area contributed by atoms with E-state index in [-0.39, 0.29) is 17.9 Å². The molecule has 0 aliphatic carbocycles. The van der Waals surface area contributed by atoms with Gasteiger partial charge in [-0.25, -0.2) is 8.42 Å². The number of benzene rings is 3. The second-order valence-corrected chi connectivity index (χ2v) is 8.19. The van der Waals surface area contributed by atoms with Gasteiger partial charge in [-0.1, -0.05) is 42.0 Å². The van der Waals surface area contributed by atoms with Gasteiger partial charge in [0.15, 0.2) is 0 Å². The van der Waals surface area contributed by atoms with E-state index >= 15 is 0 Å². The molecule has 0 amide bonds. The second kappa shape index (κ2) is 8.32. The van der Waals surface area contributed by atoms with E-state index in [2.05, 4.69) is 0 Å². The number of sulfonamides is 1. The van der Waals surface area contributed by atoms with Gasteiger partial charge >= 0.3 is 0 Å². The number of fused-ring (bicyclic) bond motifs is 1. The van der Waals surface area contributed by atoms with Crippen LogP contribution < -0.4 is 9.04 Å². The molecule has 0 bridgehead atoms. The van der Waals surface area contributed by atoms with Crippen molar-refractivity contribution >= 4 is 26.5 Å². The lowest BCUT2D eigenvalue weighted by atomic mass is 10.1. The van der Waals surface area contributed by atoms with E-state index in [1.54, 1.807) is 30.3 Å². The first-order valence-electron chi connectivity index (χ1n) is 9.10. The Hall–Kier alpha value is -3.04. The maximum absolute atomic E-state index is 13.6. The van der Waals surface area contributed by atoms with Crippen LogP contribution in [0, 0.1) is 18.3 Å². The van der Waals surface area contributed by atoms with Crippen LogP contribution in [0.25, 0.3) is 10.8 Å². The van der Waals surface area contributed by atoms with Crippen molar-refractivity contribution in [2.75, 3.05) is 17.5 Å². The minimum Gasteiger partial charge on any atom is -0.493 e. The van der Waals surface area contributed by atoms with Crippen LogP contribution in [0.3, 0.4) is 0 Å². The third kappa shape index (κ3) is 3.80. The summed E-state index contributed by atoms with van der Waals surface area (Å²) in [5.74, 6) is 0.649. The minimum absolute atomic E-state index is 0.0867. The average Bonchev–Trinajstić information content (AvgIpc) is 2.70. The molecular weight excluding hydrogens is 372 g/mol. The third-order valence-electron chi connectivity index (χ3n) is 4.46. The van der Waals surface area contributed by atoms with E-state index in [1.807, 2.05) is 50.2 Å². The lowest BCUT2D eigenvalue weighted by Crippen LogP contribution is -2.32. The number of nitriles is 1. The van der Waals surface area contributed by atoms with Crippen molar-refractivity contribution in [3.8, 4) is 11.8 Å². The molecule has 6 heteroatoms. The fraction of sp³-hybridized carbons (Fsp3) is 0.227. The molecule has 0 fully saturated rings. The highest BCUT2D eigenvalue weighted by molar-refractivity contribution is 7.93. The first-order valence-corrected chi connectivity index (χ1v) is 10.5. The van der Waals surface area contributed by atoms with E-state index < -0.39 is 10.0 Å². The highest BCUT2D eigenvalue weighted by Crippen LogP contribution is 2.34. The van der Waals surface area contributed by atoms with Gasteiger partial charge in [-0.2, -0.15) is 5.26 Å². The predicted octanol–water partition coefficient (Wildman–Crippen LogP) is 4.66. The fourth-order valence-corrected chi connectivity index (χ4v) is 4.78.